The maximum Gasteiger partial charge on any atom is 0.117 e. The van der Waals surface area contributed by atoms with Crippen LogP contribution in [0, 0.1) is 6.92 Å². The molecule has 1 heterocycles. The van der Waals surface area contributed by atoms with Crippen LogP contribution in [0.15, 0.2) is 47.1 Å². The van der Waals surface area contributed by atoms with Gasteiger partial charge in [-0.3, -0.25) is 0 Å². The molecular formula is C15H19NOS. The molecule has 3 heteroatoms. The van der Waals surface area contributed by atoms with E-state index in [-0.39, 0.29) is 0 Å². The third kappa shape index (κ3) is 4.59. The van der Waals surface area contributed by atoms with Gasteiger partial charge in [0.25, 0.3) is 0 Å². The van der Waals surface area contributed by atoms with Gasteiger partial charge >= 0.3 is 0 Å². The van der Waals surface area contributed by atoms with Crippen LogP contribution in [0.5, 0.6) is 0 Å². The first kappa shape index (κ1) is 13.2. The van der Waals surface area contributed by atoms with E-state index in [1.165, 1.54) is 11.1 Å². The van der Waals surface area contributed by atoms with E-state index in [0.29, 0.717) is 0 Å². The molecule has 2 rings (SSSR count). The molecule has 0 unspecified atom stereocenters. The van der Waals surface area contributed by atoms with E-state index in [0.717, 1.165) is 30.4 Å². The molecule has 18 heavy (non-hydrogen) atoms. The van der Waals surface area contributed by atoms with E-state index >= 15 is 0 Å². The van der Waals surface area contributed by atoms with Crippen molar-refractivity contribution in [3.8, 4) is 0 Å². The average Bonchev–Trinajstić information content (AvgIpc) is 2.87. The quantitative estimate of drug-likeness (QED) is 0.771. The molecule has 0 amide bonds. The molecule has 96 valence electrons. The summed E-state index contributed by atoms with van der Waals surface area (Å²) in [4.78, 5) is 0. The molecule has 0 saturated carbocycles. The van der Waals surface area contributed by atoms with Crippen LogP contribution in [0.2, 0.25) is 0 Å². The zero-order valence-corrected chi connectivity index (χ0v) is 11.5. The second-order valence-corrected chi connectivity index (χ2v) is 5.40. The number of hydrogen-bond donors (Lipinski definition) is 1. The van der Waals surface area contributed by atoms with Gasteiger partial charge < -0.3 is 9.73 Å². The van der Waals surface area contributed by atoms with Crippen LogP contribution in [0.25, 0.3) is 0 Å². The number of furan rings is 1. The Morgan fingerprint density at radius 2 is 2.17 bits per heavy atom. The number of hydrogen-bond acceptors (Lipinski definition) is 3. The zero-order valence-electron chi connectivity index (χ0n) is 10.7. The fraction of sp³-hybridized carbons (Fsp3) is 0.333. The molecule has 0 aliphatic rings. The first-order valence-corrected chi connectivity index (χ1v) is 7.36. The smallest absolute Gasteiger partial charge is 0.117 e. The highest BCUT2D eigenvalue weighted by molar-refractivity contribution is 7.98. The average molecular weight is 261 g/mol. The minimum atomic E-state index is 0.817. The van der Waals surface area contributed by atoms with Crippen LogP contribution in [0.3, 0.4) is 0 Å². The zero-order chi connectivity index (χ0) is 12.6. The van der Waals surface area contributed by atoms with Crippen LogP contribution in [0.1, 0.15) is 16.9 Å². The molecule has 0 spiro atoms. The van der Waals surface area contributed by atoms with Crippen molar-refractivity contribution < 1.29 is 4.42 Å². The Labute approximate surface area is 113 Å². The third-order valence-corrected chi connectivity index (χ3v) is 3.68. The molecule has 0 fully saturated rings. The van der Waals surface area contributed by atoms with Crippen molar-refractivity contribution in [2.45, 2.75) is 19.2 Å². The molecule has 1 aromatic carbocycles. The third-order valence-electron chi connectivity index (χ3n) is 2.65. The molecule has 0 atom stereocenters. The normalized spacial score (nSPS) is 10.7. The van der Waals surface area contributed by atoms with Crippen molar-refractivity contribution in [2.24, 2.45) is 0 Å². The summed E-state index contributed by atoms with van der Waals surface area (Å²) in [5, 5.41) is 3.37. The molecule has 2 nitrogen and oxygen atoms in total. The Morgan fingerprint density at radius 1 is 1.22 bits per heavy atom. The lowest BCUT2D eigenvalue weighted by atomic mass is 10.2. The Balaban J connectivity index is 1.56. The van der Waals surface area contributed by atoms with Crippen LogP contribution in [-0.2, 0) is 12.3 Å². The summed E-state index contributed by atoms with van der Waals surface area (Å²) in [6.07, 6.45) is 1.71. The summed E-state index contributed by atoms with van der Waals surface area (Å²) in [7, 11) is 0. The van der Waals surface area contributed by atoms with E-state index in [1.807, 2.05) is 23.9 Å². The molecule has 1 N–H and O–H groups in total. The van der Waals surface area contributed by atoms with Crippen molar-refractivity contribution in [3.05, 3.63) is 59.5 Å². The number of rotatable bonds is 7. The summed E-state index contributed by atoms with van der Waals surface area (Å²) < 4.78 is 5.25. The fourth-order valence-corrected chi connectivity index (χ4v) is 2.61. The Kier molecular flexibility index (Phi) is 5.36. The van der Waals surface area contributed by atoms with Crippen molar-refractivity contribution in [1.82, 2.24) is 5.32 Å². The lowest BCUT2D eigenvalue weighted by Crippen LogP contribution is -2.16. The van der Waals surface area contributed by atoms with Gasteiger partial charge in [0.05, 0.1) is 12.8 Å². The van der Waals surface area contributed by atoms with Gasteiger partial charge in [-0.1, -0.05) is 29.8 Å². The highest BCUT2D eigenvalue weighted by atomic mass is 32.2. The maximum atomic E-state index is 5.25. The Morgan fingerprint density at radius 3 is 2.94 bits per heavy atom. The van der Waals surface area contributed by atoms with E-state index in [2.05, 4.69) is 36.5 Å². The van der Waals surface area contributed by atoms with Gasteiger partial charge in [0, 0.05) is 18.1 Å². The molecule has 1 aromatic heterocycles. The molecule has 0 bridgehead atoms. The number of benzene rings is 1. The van der Waals surface area contributed by atoms with Gasteiger partial charge in [0.1, 0.15) is 5.76 Å². The van der Waals surface area contributed by atoms with Crippen molar-refractivity contribution in [2.75, 3.05) is 12.3 Å². The molecule has 0 aliphatic carbocycles. The van der Waals surface area contributed by atoms with Gasteiger partial charge in [0.15, 0.2) is 0 Å². The highest BCUT2D eigenvalue weighted by Gasteiger charge is 1.96. The summed E-state index contributed by atoms with van der Waals surface area (Å²) in [5.74, 6) is 3.21. The summed E-state index contributed by atoms with van der Waals surface area (Å²) >= 11 is 1.96. The Bertz CT molecular complexity index is 453. The summed E-state index contributed by atoms with van der Waals surface area (Å²) in [5.41, 5.74) is 2.75. The summed E-state index contributed by atoms with van der Waals surface area (Å²) in [6, 6.07) is 12.6. The van der Waals surface area contributed by atoms with E-state index in [4.69, 9.17) is 4.42 Å². The predicted octanol–water partition coefficient (Wildman–Crippen LogP) is 3.61. The summed E-state index contributed by atoms with van der Waals surface area (Å²) in [6.45, 7) is 3.97. The van der Waals surface area contributed by atoms with Crippen molar-refractivity contribution >= 4 is 11.8 Å². The number of thioether (sulfide) groups is 1. The molecule has 0 aliphatic heterocycles. The van der Waals surface area contributed by atoms with E-state index in [1.54, 1.807) is 6.26 Å². The largest absolute Gasteiger partial charge is 0.468 e. The van der Waals surface area contributed by atoms with Crippen LogP contribution < -0.4 is 5.32 Å². The second-order valence-electron chi connectivity index (χ2n) is 4.30. The van der Waals surface area contributed by atoms with Gasteiger partial charge in [0.2, 0.25) is 0 Å². The lowest BCUT2D eigenvalue weighted by molar-refractivity contribution is 0.488. The molecular weight excluding hydrogens is 242 g/mol. The number of aryl methyl sites for hydroxylation is 1. The first-order chi connectivity index (χ1) is 8.84. The number of nitrogens with one attached hydrogen (secondary N) is 1. The van der Waals surface area contributed by atoms with E-state index < -0.39 is 0 Å². The van der Waals surface area contributed by atoms with Crippen molar-refractivity contribution in [3.63, 3.8) is 0 Å². The lowest BCUT2D eigenvalue weighted by Gasteiger charge is -2.04. The molecule has 2 aromatic rings. The van der Waals surface area contributed by atoms with Crippen molar-refractivity contribution in [1.29, 1.82) is 0 Å². The minimum absolute atomic E-state index is 0.817. The van der Waals surface area contributed by atoms with Gasteiger partial charge in [-0.2, -0.15) is 11.8 Å². The second kappa shape index (κ2) is 7.29. The molecule has 0 radical (unpaired) electrons. The van der Waals surface area contributed by atoms with E-state index in [9.17, 15) is 0 Å². The maximum absolute atomic E-state index is 5.25. The first-order valence-electron chi connectivity index (χ1n) is 6.21. The monoisotopic (exact) mass is 261 g/mol. The highest BCUT2D eigenvalue weighted by Crippen LogP contribution is 2.12. The fourth-order valence-electron chi connectivity index (χ4n) is 1.76. The minimum Gasteiger partial charge on any atom is -0.468 e. The topological polar surface area (TPSA) is 25.2 Å². The van der Waals surface area contributed by atoms with Gasteiger partial charge in [-0.15, -0.1) is 0 Å². The Hall–Kier alpha value is -1.19. The standard InChI is InChI=1S/C15H19NOS/c1-13-4-2-5-14(10-13)12-18-9-7-16-11-15-6-3-8-17-15/h2-6,8,10,16H,7,9,11-12H2,1H3. The van der Waals surface area contributed by atoms with Crippen LogP contribution in [-0.4, -0.2) is 12.3 Å². The van der Waals surface area contributed by atoms with Crippen LogP contribution >= 0.6 is 11.8 Å². The van der Waals surface area contributed by atoms with Crippen LogP contribution in [0.4, 0.5) is 0 Å². The SMILES string of the molecule is Cc1cccc(CSCCNCc2ccco2)c1. The molecule has 0 saturated heterocycles. The van der Waals surface area contributed by atoms with Gasteiger partial charge in [-0.25, -0.2) is 0 Å². The van der Waals surface area contributed by atoms with Gasteiger partial charge in [-0.05, 0) is 24.6 Å². The predicted molar refractivity (Wildman–Crippen MR) is 77.8 cm³/mol.